The van der Waals surface area contributed by atoms with E-state index < -0.39 is 0 Å². The summed E-state index contributed by atoms with van der Waals surface area (Å²) in [7, 11) is 0. The molecule has 0 aliphatic carbocycles. The van der Waals surface area contributed by atoms with Gasteiger partial charge in [-0.05, 0) is 30.0 Å². The minimum atomic E-state index is -0.314. The standard InChI is InChI=1S/C18H30N2O2/c1-13-14(16(22)20-11-18(5,6)12-21)8-7-9-15(13)19-10-17(2,3)4/h7-9,19,21H,10-12H2,1-6H3,(H,20,22). The zero-order valence-corrected chi connectivity index (χ0v) is 14.7. The topological polar surface area (TPSA) is 61.4 Å². The second-order valence-electron chi connectivity index (χ2n) is 7.90. The lowest BCUT2D eigenvalue weighted by atomic mass is 9.94. The molecular formula is C18H30N2O2. The van der Waals surface area contributed by atoms with Gasteiger partial charge in [0.25, 0.3) is 5.91 Å². The van der Waals surface area contributed by atoms with Crippen molar-refractivity contribution in [2.75, 3.05) is 25.0 Å². The van der Waals surface area contributed by atoms with Crippen molar-refractivity contribution in [2.24, 2.45) is 10.8 Å². The van der Waals surface area contributed by atoms with Crippen molar-refractivity contribution in [2.45, 2.75) is 41.5 Å². The molecule has 0 heterocycles. The van der Waals surface area contributed by atoms with Crippen LogP contribution in [0.1, 0.15) is 50.5 Å². The Morgan fingerprint density at radius 2 is 1.77 bits per heavy atom. The highest BCUT2D eigenvalue weighted by atomic mass is 16.3. The van der Waals surface area contributed by atoms with Crippen molar-refractivity contribution in [1.82, 2.24) is 5.32 Å². The lowest BCUT2D eigenvalue weighted by Crippen LogP contribution is -2.36. The Hall–Kier alpha value is -1.55. The van der Waals surface area contributed by atoms with Crippen molar-refractivity contribution in [1.29, 1.82) is 0 Å². The molecule has 0 aromatic heterocycles. The number of anilines is 1. The molecule has 1 aromatic carbocycles. The smallest absolute Gasteiger partial charge is 0.251 e. The largest absolute Gasteiger partial charge is 0.396 e. The van der Waals surface area contributed by atoms with Gasteiger partial charge < -0.3 is 15.7 Å². The summed E-state index contributed by atoms with van der Waals surface area (Å²) in [6, 6.07) is 5.72. The summed E-state index contributed by atoms with van der Waals surface area (Å²) < 4.78 is 0. The number of amides is 1. The molecule has 3 N–H and O–H groups in total. The molecule has 0 bridgehead atoms. The van der Waals surface area contributed by atoms with E-state index in [1.165, 1.54) is 0 Å². The van der Waals surface area contributed by atoms with E-state index in [2.05, 4.69) is 31.4 Å². The highest BCUT2D eigenvalue weighted by Gasteiger charge is 2.19. The van der Waals surface area contributed by atoms with Crippen LogP contribution in [0.5, 0.6) is 0 Å². The molecule has 0 unspecified atom stereocenters. The summed E-state index contributed by atoms with van der Waals surface area (Å²) in [5.74, 6) is -0.0987. The normalized spacial score (nSPS) is 12.1. The molecule has 0 saturated heterocycles. The molecule has 0 saturated carbocycles. The maximum Gasteiger partial charge on any atom is 0.251 e. The second kappa shape index (κ2) is 7.14. The van der Waals surface area contributed by atoms with Gasteiger partial charge in [0.1, 0.15) is 0 Å². The Morgan fingerprint density at radius 3 is 2.32 bits per heavy atom. The highest BCUT2D eigenvalue weighted by Crippen LogP contribution is 2.22. The van der Waals surface area contributed by atoms with Crippen LogP contribution < -0.4 is 10.6 Å². The monoisotopic (exact) mass is 306 g/mol. The number of aliphatic hydroxyl groups excluding tert-OH is 1. The SMILES string of the molecule is Cc1c(NCC(C)(C)C)cccc1C(=O)NCC(C)(C)CO. The molecule has 0 atom stereocenters. The number of aliphatic hydroxyl groups is 1. The molecule has 1 rings (SSSR count). The summed E-state index contributed by atoms with van der Waals surface area (Å²) in [6.07, 6.45) is 0. The number of hydrogen-bond donors (Lipinski definition) is 3. The number of carbonyl (C=O) groups is 1. The number of nitrogens with one attached hydrogen (secondary N) is 2. The summed E-state index contributed by atoms with van der Waals surface area (Å²) >= 11 is 0. The van der Waals surface area contributed by atoms with Crippen LogP contribution in [0.3, 0.4) is 0 Å². The molecular weight excluding hydrogens is 276 g/mol. The third kappa shape index (κ3) is 5.68. The maximum absolute atomic E-state index is 12.4. The van der Waals surface area contributed by atoms with E-state index in [1.807, 2.05) is 39.0 Å². The second-order valence-corrected chi connectivity index (χ2v) is 7.90. The Balaban J connectivity index is 2.81. The first kappa shape index (κ1) is 18.5. The molecule has 0 fully saturated rings. The van der Waals surface area contributed by atoms with Crippen molar-refractivity contribution in [3.05, 3.63) is 29.3 Å². The van der Waals surface area contributed by atoms with E-state index >= 15 is 0 Å². The van der Waals surface area contributed by atoms with Gasteiger partial charge in [0.15, 0.2) is 0 Å². The van der Waals surface area contributed by atoms with Gasteiger partial charge in [0.05, 0.1) is 0 Å². The van der Waals surface area contributed by atoms with Crippen LogP contribution in [0.2, 0.25) is 0 Å². The molecule has 22 heavy (non-hydrogen) atoms. The molecule has 0 aliphatic heterocycles. The Bertz CT molecular complexity index is 516. The highest BCUT2D eigenvalue weighted by molar-refractivity contribution is 5.97. The van der Waals surface area contributed by atoms with Crippen LogP contribution in [-0.4, -0.2) is 30.7 Å². The fourth-order valence-corrected chi connectivity index (χ4v) is 1.90. The van der Waals surface area contributed by atoms with E-state index in [4.69, 9.17) is 0 Å². The van der Waals surface area contributed by atoms with Gasteiger partial charge in [-0.1, -0.05) is 40.7 Å². The summed E-state index contributed by atoms with van der Waals surface area (Å²) in [5, 5.41) is 15.6. The van der Waals surface area contributed by atoms with Crippen LogP contribution >= 0.6 is 0 Å². The average molecular weight is 306 g/mol. The number of rotatable bonds is 6. The number of hydrogen-bond acceptors (Lipinski definition) is 3. The van der Waals surface area contributed by atoms with E-state index in [-0.39, 0.29) is 23.3 Å². The van der Waals surface area contributed by atoms with Gasteiger partial charge in [-0.2, -0.15) is 0 Å². The van der Waals surface area contributed by atoms with Gasteiger partial charge in [0, 0.05) is 36.4 Å². The lowest BCUT2D eigenvalue weighted by molar-refractivity contribution is 0.0910. The molecule has 0 radical (unpaired) electrons. The predicted octanol–water partition coefficient (Wildman–Crippen LogP) is 3.20. The summed E-state index contributed by atoms with van der Waals surface area (Å²) in [6.45, 7) is 13.6. The third-order valence-corrected chi connectivity index (χ3v) is 3.54. The number of carbonyl (C=O) groups excluding carboxylic acids is 1. The molecule has 0 spiro atoms. The van der Waals surface area contributed by atoms with E-state index in [0.29, 0.717) is 12.1 Å². The van der Waals surface area contributed by atoms with Gasteiger partial charge >= 0.3 is 0 Å². The molecule has 1 aromatic rings. The van der Waals surface area contributed by atoms with Crippen LogP contribution in [0.4, 0.5) is 5.69 Å². The van der Waals surface area contributed by atoms with Crippen LogP contribution in [-0.2, 0) is 0 Å². The minimum absolute atomic E-state index is 0.0411. The van der Waals surface area contributed by atoms with Gasteiger partial charge in [-0.15, -0.1) is 0 Å². The molecule has 4 nitrogen and oxygen atoms in total. The molecule has 4 heteroatoms. The fourth-order valence-electron chi connectivity index (χ4n) is 1.90. The van der Waals surface area contributed by atoms with Crippen molar-refractivity contribution in [3.8, 4) is 0 Å². The zero-order valence-electron chi connectivity index (χ0n) is 14.7. The van der Waals surface area contributed by atoms with Crippen molar-refractivity contribution >= 4 is 11.6 Å². The van der Waals surface area contributed by atoms with Crippen LogP contribution in [0, 0.1) is 17.8 Å². The summed E-state index contributed by atoms with van der Waals surface area (Å²) in [5.41, 5.74) is 2.48. The molecule has 124 valence electrons. The van der Waals surface area contributed by atoms with Crippen LogP contribution in [0.15, 0.2) is 18.2 Å². The zero-order chi connectivity index (χ0) is 17.0. The van der Waals surface area contributed by atoms with E-state index in [0.717, 1.165) is 17.8 Å². The van der Waals surface area contributed by atoms with Crippen molar-refractivity contribution < 1.29 is 9.90 Å². The maximum atomic E-state index is 12.4. The first-order valence-electron chi connectivity index (χ1n) is 7.78. The average Bonchev–Trinajstić information content (AvgIpc) is 2.43. The first-order valence-corrected chi connectivity index (χ1v) is 7.78. The van der Waals surface area contributed by atoms with Gasteiger partial charge in [-0.25, -0.2) is 0 Å². The van der Waals surface area contributed by atoms with Crippen LogP contribution in [0.25, 0.3) is 0 Å². The van der Waals surface area contributed by atoms with Crippen molar-refractivity contribution in [3.63, 3.8) is 0 Å². The van der Waals surface area contributed by atoms with E-state index in [1.54, 1.807) is 0 Å². The van der Waals surface area contributed by atoms with Gasteiger partial charge in [0.2, 0.25) is 0 Å². The molecule has 0 aliphatic rings. The molecule has 1 amide bonds. The first-order chi connectivity index (χ1) is 10.1. The quantitative estimate of drug-likeness (QED) is 0.756. The fraction of sp³-hybridized carbons (Fsp3) is 0.611. The lowest BCUT2D eigenvalue weighted by Gasteiger charge is -2.23. The Labute approximate surface area is 134 Å². The Morgan fingerprint density at radius 1 is 1.14 bits per heavy atom. The predicted molar refractivity (Wildman–Crippen MR) is 92.3 cm³/mol. The van der Waals surface area contributed by atoms with Gasteiger partial charge in [-0.3, -0.25) is 4.79 Å². The Kier molecular flexibility index (Phi) is 6.00. The summed E-state index contributed by atoms with van der Waals surface area (Å²) in [4.78, 5) is 12.4. The number of benzene rings is 1. The minimum Gasteiger partial charge on any atom is -0.396 e. The van der Waals surface area contributed by atoms with E-state index in [9.17, 15) is 9.90 Å². The third-order valence-electron chi connectivity index (χ3n) is 3.54.